The maximum atomic E-state index is 11.4. The molecule has 0 aliphatic heterocycles. The normalized spacial score (nSPS) is 12.2. The van der Waals surface area contributed by atoms with E-state index in [4.69, 9.17) is 4.74 Å². The van der Waals surface area contributed by atoms with Gasteiger partial charge in [0, 0.05) is 18.5 Å². The van der Waals surface area contributed by atoms with Crippen molar-refractivity contribution in [1.29, 1.82) is 0 Å². The van der Waals surface area contributed by atoms with Crippen molar-refractivity contribution in [2.75, 3.05) is 6.61 Å². The second-order valence-electron chi connectivity index (χ2n) is 5.54. The monoisotopic (exact) mass is 317 g/mol. The molecule has 1 aromatic heterocycles. The van der Waals surface area contributed by atoms with Gasteiger partial charge in [0.2, 0.25) is 0 Å². The number of ether oxygens (including phenoxy) is 1. The molecule has 0 N–H and O–H groups in total. The highest BCUT2D eigenvalue weighted by Crippen LogP contribution is 2.34. The van der Waals surface area contributed by atoms with Crippen molar-refractivity contribution in [3.8, 4) is 16.2 Å². The van der Waals surface area contributed by atoms with Crippen molar-refractivity contribution in [1.82, 2.24) is 4.98 Å². The molecule has 2 rings (SSSR count). The largest absolute Gasteiger partial charge is 0.494 e. The van der Waals surface area contributed by atoms with Crippen LogP contribution in [0.1, 0.15) is 50.1 Å². The zero-order valence-corrected chi connectivity index (χ0v) is 14.5. The minimum absolute atomic E-state index is 0.220. The molecule has 118 valence electrons. The van der Waals surface area contributed by atoms with Crippen LogP contribution in [0.5, 0.6) is 5.75 Å². The van der Waals surface area contributed by atoms with Crippen molar-refractivity contribution in [3.05, 3.63) is 35.0 Å². The summed E-state index contributed by atoms with van der Waals surface area (Å²) in [5, 5.41) is 1.05. The van der Waals surface area contributed by atoms with E-state index in [2.05, 4.69) is 31.0 Å². The zero-order chi connectivity index (χ0) is 16.1. The van der Waals surface area contributed by atoms with Crippen LogP contribution in [0.2, 0.25) is 0 Å². The summed E-state index contributed by atoms with van der Waals surface area (Å²) in [5.74, 6) is 1.34. The summed E-state index contributed by atoms with van der Waals surface area (Å²) in [6.07, 6.45) is 3.42. The molecule has 0 aliphatic rings. The molecule has 4 heteroatoms. The Balaban J connectivity index is 2.29. The Morgan fingerprint density at radius 3 is 2.73 bits per heavy atom. The quantitative estimate of drug-likeness (QED) is 0.722. The molecule has 0 radical (unpaired) electrons. The number of carbonyl (C=O) groups is 1. The standard InChI is InChI=1S/C18H23NO2S/c1-5-14(9-13(4)20)18-19-11-17(22-18)15-7-12(3)8-16(10-15)21-6-2/h7-8,10-11,14H,5-6,9H2,1-4H3. The molecule has 0 fully saturated rings. The number of hydrogen-bond acceptors (Lipinski definition) is 4. The molecule has 1 atom stereocenters. The van der Waals surface area contributed by atoms with Gasteiger partial charge in [0.25, 0.3) is 0 Å². The smallest absolute Gasteiger partial charge is 0.130 e. The van der Waals surface area contributed by atoms with Crippen LogP contribution in [0.4, 0.5) is 0 Å². The number of hydrogen-bond donors (Lipinski definition) is 0. The van der Waals surface area contributed by atoms with Crippen LogP contribution in [-0.2, 0) is 4.79 Å². The second kappa shape index (κ2) is 7.54. The van der Waals surface area contributed by atoms with Crippen LogP contribution in [0.3, 0.4) is 0 Å². The van der Waals surface area contributed by atoms with Gasteiger partial charge >= 0.3 is 0 Å². The predicted octanol–water partition coefficient (Wildman–Crippen LogP) is 4.99. The maximum Gasteiger partial charge on any atom is 0.130 e. The summed E-state index contributed by atoms with van der Waals surface area (Å²) < 4.78 is 5.62. The molecule has 1 heterocycles. The number of nitrogens with zero attached hydrogens (tertiary/aromatic N) is 1. The first-order chi connectivity index (χ1) is 10.5. The van der Waals surface area contributed by atoms with Crippen LogP contribution in [0.25, 0.3) is 10.4 Å². The molecule has 3 nitrogen and oxygen atoms in total. The fraction of sp³-hybridized carbons (Fsp3) is 0.444. The van der Waals surface area contributed by atoms with Gasteiger partial charge in [-0.3, -0.25) is 0 Å². The number of Topliss-reactive ketones (excluding diaryl/α,β-unsaturated/α-hetero) is 1. The van der Waals surface area contributed by atoms with Crippen LogP contribution < -0.4 is 4.74 Å². The van der Waals surface area contributed by atoms with Crippen molar-refractivity contribution < 1.29 is 9.53 Å². The molecule has 0 saturated carbocycles. The van der Waals surface area contributed by atoms with Gasteiger partial charge in [-0.15, -0.1) is 11.3 Å². The molecule has 0 bridgehead atoms. The average Bonchev–Trinajstić information content (AvgIpc) is 2.94. The third-order valence-electron chi connectivity index (χ3n) is 3.55. The Hall–Kier alpha value is -1.68. The molecular weight excluding hydrogens is 294 g/mol. The Morgan fingerprint density at radius 1 is 1.32 bits per heavy atom. The average molecular weight is 317 g/mol. The Kier molecular flexibility index (Phi) is 5.72. The maximum absolute atomic E-state index is 11.4. The highest BCUT2D eigenvalue weighted by atomic mass is 32.1. The molecule has 1 unspecified atom stereocenters. The molecular formula is C18H23NO2S. The van der Waals surface area contributed by atoms with E-state index in [1.165, 1.54) is 5.56 Å². The summed E-state index contributed by atoms with van der Waals surface area (Å²) in [4.78, 5) is 17.1. The van der Waals surface area contributed by atoms with E-state index in [-0.39, 0.29) is 11.7 Å². The second-order valence-corrected chi connectivity index (χ2v) is 6.60. The summed E-state index contributed by atoms with van der Waals surface area (Å²) in [7, 11) is 0. The number of aryl methyl sites for hydroxylation is 1. The van der Waals surface area contributed by atoms with Crippen LogP contribution in [0, 0.1) is 6.92 Å². The number of carbonyl (C=O) groups excluding carboxylic acids is 1. The third kappa shape index (κ3) is 4.17. The van der Waals surface area contributed by atoms with Crippen LogP contribution in [0.15, 0.2) is 24.4 Å². The zero-order valence-electron chi connectivity index (χ0n) is 13.7. The fourth-order valence-electron chi connectivity index (χ4n) is 2.50. The first kappa shape index (κ1) is 16.7. The number of benzene rings is 1. The molecule has 1 aromatic carbocycles. The summed E-state index contributed by atoms with van der Waals surface area (Å²) in [6, 6.07) is 6.24. The number of rotatable bonds is 7. The van der Waals surface area contributed by atoms with E-state index in [1.54, 1.807) is 18.3 Å². The van der Waals surface area contributed by atoms with Gasteiger partial charge in [-0.2, -0.15) is 0 Å². The number of ketones is 1. The minimum Gasteiger partial charge on any atom is -0.494 e. The molecule has 0 amide bonds. The van der Waals surface area contributed by atoms with Crippen LogP contribution in [-0.4, -0.2) is 17.4 Å². The summed E-state index contributed by atoms with van der Waals surface area (Å²) in [6.45, 7) is 8.47. The van der Waals surface area contributed by atoms with E-state index >= 15 is 0 Å². The lowest BCUT2D eigenvalue weighted by Gasteiger charge is -2.09. The van der Waals surface area contributed by atoms with Crippen molar-refractivity contribution in [2.24, 2.45) is 0 Å². The Bertz CT molecular complexity index is 648. The van der Waals surface area contributed by atoms with Gasteiger partial charge < -0.3 is 9.53 Å². The number of aromatic nitrogens is 1. The van der Waals surface area contributed by atoms with E-state index in [9.17, 15) is 4.79 Å². The molecule has 2 aromatic rings. The molecule has 0 saturated heterocycles. The lowest BCUT2D eigenvalue weighted by Crippen LogP contribution is -2.02. The summed E-state index contributed by atoms with van der Waals surface area (Å²) in [5.41, 5.74) is 2.30. The van der Waals surface area contributed by atoms with Gasteiger partial charge in [-0.1, -0.05) is 13.0 Å². The Morgan fingerprint density at radius 2 is 2.09 bits per heavy atom. The van der Waals surface area contributed by atoms with Crippen molar-refractivity contribution in [2.45, 2.75) is 46.5 Å². The van der Waals surface area contributed by atoms with E-state index in [1.807, 2.05) is 19.2 Å². The lowest BCUT2D eigenvalue weighted by molar-refractivity contribution is -0.117. The molecule has 0 spiro atoms. The highest BCUT2D eigenvalue weighted by Gasteiger charge is 2.16. The third-order valence-corrected chi connectivity index (χ3v) is 4.75. The Labute approximate surface area is 136 Å². The van der Waals surface area contributed by atoms with E-state index < -0.39 is 0 Å². The molecule has 0 aliphatic carbocycles. The topological polar surface area (TPSA) is 39.2 Å². The van der Waals surface area contributed by atoms with Gasteiger partial charge in [0.15, 0.2) is 0 Å². The van der Waals surface area contributed by atoms with Gasteiger partial charge in [-0.25, -0.2) is 4.98 Å². The SMILES string of the molecule is CCOc1cc(C)cc(-c2cnc(C(CC)CC(C)=O)s2)c1. The van der Waals surface area contributed by atoms with Crippen molar-refractivity contribution >= 4 is 17.1 Å². The highest BCUT2D eigenvalue weighted by molar-refractivity contribution is 7.15. The lowest BCUT2D eigenvalue weighted by atomic mass is 10.0. The molecule has 22 heavy (non-hydrogen) atoms. The predicted molar refractivity (Wildman–Crippen MR) is 91.8 cm³/mol. The van der Waals surface area contributed by atoms with Gasteiger partial charge in [-0.05, 0) is 50.5 Å². The number of thiazole rings is 1. The van der Waals surface area contributed by atoms with Crippen LogP contribution >= 0.6 is 11.3 Å². The first-order valence-electron chi connectivity index (χ1n) is 7.73. The first-order valence-corrected chi connectivity index (χ1v) is 8.55. The van der Waals surface area contributed by atoms with Gasteiger partial charge in [0.05, 0.1) is 16.5 Å². The minimum atomic E-state index is 0.220. The van der Waals surface area contributed by atoms with Crippen molar-refractivity contribution in [3.63, 3.8) is 0 Å². The van der Waals surface area contributed by atoms with E-state index in [0.29, 0.717) is 13.0 Å². The summed E-state index contributed by atoms with van der Waals surface area (Å²) >= 11 is 1.68. The van der Waals surface area contributed by atoms with E-state index in [0.717, 1.165) is 27.6 Å². The fourth-order valence-corrected chi connectivity index (χ4v) is 3.59. The van der Waals surface area contributed by atoms with Gasteiger partial charge in [0.1, 0.15) is 11.5 Å².